The lowest BCUT2D eigenvalue weighted by molar-refractivity contribution is -0.116. The molecule has 0 radical (unpaired) electrons. The van der Waals surface area contributed by atoms with E-state index in [1.165, 1.54) is 5.56 Å². The van der Waals surface area contributed by atoms with Crippen LogP contribution in [0.3, 0.4) is 0 Å². The van der Waals surface area contributed by atoms with Gasteiger partial charge in [-0.25, -0.2) is 0 Å². The molecule has 2 amide bonds. The molecule has 6 heteroatoms. The number of halogens is 1. The van der Waals surface area contributed by atoms with E-state index in [1.807, 2.05) is 43.1 Å². The molecule has 3 rings (SSSR count). The van der Waals surface area contributed by atoms with Crippen molar-refractivity contribution in [3.63, 3.8) is 0 Å². The largest absolute Gasteiger partial charge is 0.339 e. The molecule has 1 fully saturated rings. The molecule has 5 nitrogen and oxygen atoms in total. The summed E-state index contributed by atoms with van der Waals surface area (Å²) in [6.07, 6.45) is 4.57. The van der Waals surface area contributed by atoms with Gasteiger partial charge < -0.3 is 15.1 Å². The fourth-order valence-corrected chi connectivity index (χ4v) is 4.27. The molecule has 0 heterocycles. The first-order valence-corrected chi connectivity index (χ1v) is 11.3. The first kappa shape index (κ1) is 23.3. The maximum absolute atomic E-state index is 12.8. The van der Waals surface area contributed by atoms with Crippen LogP contribution in [0.15, 0.2) is 48.5 Å². The van der Waals surface area contributed by atoms with Gasteiger partial charge in [0.05, 0.1) is 0 Å². The first-order valence-electron chi connectivity index (χ1n) is 10.9. The second kappa shape index (κ2) is 10.8. The normalized spacial score (nSPS) is 18.6. The number of carbonyl (C=O) groups is 2. The smallest absolute Gasteiger partial charge is 0.253 e. The molecular weight excluding hydrogens is 410 g/mol. The van der Waals surface area contributed by atoms with Gasteiger partial charge in [-0.15, -0.1) is 0 Å². The minimum Gasteiger partial charge on any atom is -0.339 e. The molecule has 0 saturated heterocycles. The molecule has 0 spiro atoms. The maximum atomic E-state index is 12.8. The highest BCUT2D eigenvalue weighted by Crippen LogP contribution is 2.35. The van der Waals surface area contributed by atoms with Gasteiger partial charge in [0.15, 0.2) is 0 Å². The summed E-state index contributed by atoms with van der Waals surface area (Å²) in [5, 5.41) is 3.60. The third-order valence-electron chi connectivity index (χ3n) is 6.11. The van der Waals surface area contributed by atoms with Crippen molar-refractivity contribution in [1.82, 2.24) is 9.80 Å². The van der Waals surface area contributed by atoms with Gasteiger partial charge in [-0.3, -0.25) is 9.59 Å². The Morgan fingerprint density at radius 2 is 1.55 bits per heavy atom. The predicted octanol–water partition coefficient (Wildman–Crippen LogP) is 5.03. The lowest BCUT2D eigenvalue weighted by Crippen LogP contribution is -2.39. The lowest BCUT2D eigenvalue weighted by Gasteiger charge is -2.35. The van der Waals surface area contributed by atoms with Gasteiger partial charge in [0.25, 0.3) is 5.91 Å². The van der Waals surface area contributed by atoms with Crippen LogP contribution in [0.1, 0.15) is 53.9 Å². The fraction of sp³-hybridized carbons (Fsp3) is 0.440. The third-order valence-corrected chi connectivity index (χ3v) is 6.36. The highest BCUT2D eigenvalue weighted by molar-refractivity contribution is 6.30. The highest BCUT2D eigenvalue weighted by Gasteiger charge is 2.27. The molecule has 31 heavy (non-hydrogen) atoms. The van der Waals surface area contributed by atoms with Crippen LogP contribution in [-0.2, 0) is 4.79 Å². The van der Waals surface area contributed by atoms with E-state index in [9.17, 15) is 9.59 Å². The number of rotatable bonds is 7. The topological polar surface area (TPSA) is 52.7 Å². The molecule has 0 bridgehead atoms. The fourth-order valence-electron chi connectivity index (χ4n) is 4.15. The van der Waals surface area contributed by atoms with Crippen molar-refractivity contribution in [3.05, 3.63) is 64.7 Å². The number of nitrogens with zero attached hydrogens (tertiary/aromatic N) is 2. The molecule has 2 aromatic rings. The number of amides is 2. The van der Waals surface area contributed by atoms with Crippen molar-refractivity contribution in [2.75, 3.05) is 33.0 Å². The van der Waals surface area contributed by atoms with Gasteiger partial charge in [0, 0.05) is 42.3 Å². The summed E-state index contributed by atoms with van der Waals surface area (Å²) < 4.78 is 0. The van der Waals surface area contributed by atoms with Crippen molar-refractivity contribution in [3.8, 4) is 0 Å². The zero-order valence-electron chi connectivity index (χ0n) is 18.6. The molecule has 0 aliphatic heterocycles. The zero-order valence-corrected chi connectivity index (χ0v) is 19.4. The molecular formula is C25H32ClN3O2. The SMILES string of the molecule is CN(C)CCC(=O)Nc1ccc(C2CCC(N(C)C(=O)c3ccc(Cl)cc3)CC2)cc1. The quantitative estimate of drug-likeness (QED) is 0.655. The summed E-state index contributed by atoms with van der Waals surface area (Å²) in [6, 6.07) is 15.6. The Morgan fingerprint density at radius 1 is 0.935 bits per heavy atom. The number of carbonyl (C=O) groups excluding carboxylic acids is 2. The second-order valence-corrected chi connectivity index (χ2v) is 9.09. The molecule has 1 aliphatic carbocycles. The Hall–Kier alpha value is -2.37. The molecule has 0 unspecified atom stereocenters. The number of benzene rings is 2. The van der Waals surface area contributed by atoms with Crippen molar-refractivity contribution in [1.29, 1.82) is 0 Å². The minimum atomic E-state index is 0.0374. The summed E-state index contributed by atoms with van der Waals surface area (Å²) >= 11 is 5.93. The standard InChI is InChI=1S/C25H32ClN3O2/c1-28(2)17-16-24(30)27-22-12-6-18(7-13-22)19-8-14-23(15-9-19)29(3)25(31)20-4-10-21(26)11-5-20/h4-7,10-13,19,23H,8-9,14-17H2,1-3H3,(H,27,30). The number of anilines is 1. The zero-order chi connectivity index (χ0) is 22.4. The first-order chi connectivity index (χ1) is 14.8. The van der Waals surface area contributed by atoms with E-state index in [0.29, 0.717) is 22.9 Å². The second-order valence-electron chi connectivity index (χ2n) is 8.65. The van der Waals surface area contributed by atoms with Crippen molar-refractivity contribution < 1.29 is 9.59 Å². The van der Waals surface area contributed by atoms with Crippen LogP contribution in [0.5, 0.6) is 0 Å². The monoisotopic (exact) mass is 441 g/mol. The van der Waals surface area contributed by atoms with Gasteiger partial charge >= 0.3 is 0 Å². The van der Waals surface area contributed by atoms with E-state index in [1.54, 1.807) is 24.3 Å². The van der Waals surface area contributed by atoms with Gasteiger partial charge in [-0.05, 0) is 87.7 Å². The van der Waals surface area contributed by atoms with Crippen LogP contribution in [0, 0.1) is 0 Å². The lowest BCUT2D eigenvalue weighted by atomic mass is 9.81. The van der Waals surface area contributed by atoms with Crippen LogP contribution >= 0.6 is 11.6 Å². The summed E-state index contributed by atoms with van der Waals surface area (Å²) in [7, 11) is 5.82. The Labute approximate surface area is 190 Å². The Kier molecular flexibility index (Phi) is 8.10. The van der Waals surface area contributed by atoms with Gasteiger partial charge in [0.2, 0.25) is 5.91 Å². The molecule has 1 aliphatic rings. The van der Waals surface area contributed by atoms with Gasteiger partial charge in [-0.1, -0.05) is 23.7 Å². The Bertz CT molecular complexity index is 873. The van der Waals surface area contributed by atoms with E-state index in [0.717, 1.165) is 37.9 Å². The van der Waals surface area contributed by atoms with E-state index in [4.69, 9.17) is 11.6 Å². The highest BCUT2D eigenvalue weighted by atomic mass is 35.5. The summed E-state index contributed by atoms with van der Waals surface area (Å²) in [6.45, 7) is 0.738. The molecule has 2 aromatic carbocycles. The number of hydrogen-bond acceptors (Lipinski definition) is 3. The molecule has 166 valence electrons. The van der Waals surface area contributed by atoms with Crippen LogP contribution in [-0.4, -0.2) is 55.3 Å². The number of hydrogen-bond donors (Lipinski definition) is 1. The average molecular weight is 442 g/mol. The summed E-state index contributed by atoms with van der Waals surface area (Å²) in [5.41, 5.74) is 2.82. The minimum absolute atomic E-state index is 0.0374. The molecule has 0 aromatic heterocycles. The maximum Gasteiger partial charge on any atom is 0.253 e. The third kappa shape index (κ3) is 6.55. The van der Waals surface area contributed by atoms with Gasteiger partial charge in [0.1, 0.15) is 0 Å². The van der Waals surface area contributed by atoms with E-state index in [2.05, 4.69) is 17.4 Å². The van der Waals surface area contributed by atoms with E-state index >= 15 is 0 Å². The van der Waals surface area contributed by atoms with Crippen LogP contribution in [0.25, 0.3) is 0 Å². The van der Waals surface area contributed by atoms with E-state index in [-0.39, 0.29) is 17.9 Å². The van der Waals surface area contributed by atoms with Crippen molar-refractivity contribution in [2.24, 2.45) is 0 Å². The summed E-state index contributed by atoms with van der Waals surface area (Å²) in [5.74, 6) is 0.582. The van der Waals surface area contributed by atoms with Crippen LogP contribution < -0.4 is 5.32 Å². The molecule has 1 saturated carbocycles. The van der Waals surface area contributed by atoms with Crippen LogP contribution in [0.2, 0.25) is 5.02 Å². The number of nitrogens with one attached hydrogen (secondary N) is 1. The molecule has 1 N–H and O–H groups in total. The average Bonchev–Trinajstić information content (AvgIpc) is 2.78. The van der Waals surface area contributed by atoms with Crippen molar-refractivity contribution >= 4 is 29.1 Å². The van der Waals surface area contributed by atoms with Crippen molar-refractivity contribution in [2.45, 2.75) is 44.1 Å². The predicted molar refractivity (Wildman–Crippen MR) is 127 cm³/mol. The van der Waals surface area contributed by atoms with E-state index < -0.39 is 0 Å². The Morgan fingerprint density at radius 3 is 2.13 bits per heavy atom. The van der Waals surface area contributed by atoms with Gasteiger partial charge in [-0.2, -0.15) is 0 Å². The molecule has 0 atom stereocenters. The van der Waals surface area contributed by atoms with Crippen LogP contribution in [0.4, 0.5) is 5.69 Å². The Balaban J connectivity index is 1.50. The summed E-state index contributed by atoms with van der Waals surface area (Å²) in [4.78, 5) is 28.6.